The molecule has 1 atom stereocenters. The minimum Gasteiger partial charge on any atom is -0.497 e. The van der Waals surface area contributed by atoms with Gasteiger partial charge in [0.2, 0.25) is 11.8 Å². The van der Waals surface area contributed by atoms with Crippen molar-refractivity contribution in [3.8, 4) is 5.75 Å². The molecule has 0 aliphatic carbocycles. The molecule has 1 fully saturated rings. The average Bonchev–Trinajstić information content (AvgIpc) is 2.72. The molecule has 3 rings (SSSR count). The van der Waals surface area contributed by atoms with Gasteiger partial charge in [0.15, 0.2) is 0 Å². The predicted molar refractivity (Wildman–Crippen MR) is 106 cm³/mol. The van der Waals surface area contributed by atoms with Gasteiger partial charge in [0.25, 0.3) is 0 Å². The van der Waals surface area contributed by atoms with Crippen molar-refractivity contribution in [1.29, 1.82) is 0 Å². The second-order valence-electron chi connectivity index (χ2n) is 6.90. The van der Waals surface area contributed by atoms with Gasteiger partial charge in [-0.25, -0.2) is 4.39 Å². The molecular formula is C21H25FN4O3. The largest absolute Gasteiger partial charge is 0.497 e. The SMILES string of the molecule is COc1ccc(CN2CCNC(=O)C2CC(=O)NCCc2cccnc2)c(F)c1. The van der Waals surface area contributed by atoms with Crippen molar-refractivity contribution < 1.29 is 18.7 Å². The Morgan fingerprint density at radius 3 is 3.00 bits per heavy atom. The number of hydrogen-bond donors (Lipinski definition) is 2. The minimum absolute atomic E-state index is 0.0245. The summed E-state index contributed by atoms with van der Waals surface area (Å²) < 4.78 is 19.3. The summed E-state index contributed by atoms with van der Waals surface area (Å²) in [6, 6.07) is 7.80. The summed E-state index contributed by atoms with van der Waals surface area (Å²) in [5.41, 5.74) is 1.49. The van der Waals surface area contributed by atoms with Gasteiger partial charge in [-0.3, -0.25) is 19.5 Å². The Morgan fingerprint density at radius 2 is 2.28 bits per heavy atom. The zero-order valence-electron chi connectivity index (χ0n) is 16.4. The summed E-state index contributed by atoms with van der Waals surface area (Å²) >= 11 is 0. The molecule has 29 heavy (non-hydrogen) atoms. The van der Waals surface area contributed by atoms with E-state index in [2.05, 4.69) is 15.6 Å². The highest BCUT2D eigenvalue weighted by atomic mass is 19.1. The molecule has 2 heterocycles. The van der Waals surface area contributed by atoms with E-state index in [0.29, 0.717) is 37.4 Å². The van der Waals surface area contributed by atoms with E-state index < -0.39 is 11.9 Å². The van der Waals surface area contributed by atoms with E-state index in [0.717, 1.165) is 5.56 Å². The number of methoxy groups -OCH3 is 1. The summed E-state index contributed by atoms with van der Waals surface area (Å²) in [4.78, 5) is 30.6. The van der Waals surface area contributed by atoms with E-state index in [1.807, 2.05) is 17.0 Å². The fourth-order valence-electron chi connectivity index (χ4n) is 3.32. The van der Waals surface area contributed by atoms with Gasteiger partial charge in [-0.15, -0.1) is 0 Å². The molecule has 2 N–H and O–H groups in total. The van der Waals surface area contributed by atoms with E-state index >= 15 is 0 Å². The number of halogens is 1. The number of carbonyl (C=O) groups excluding carboxylic acids is 2. The smallest absolute Gasteiger partial charge is 0.237 e. The Morgan fingerprint density at radius 1 is 1.41 bits per heavy atom. The molecule has 8 heteroatoms. The molecule has 1 unspecified atom stereocenters. The number of hydrogen-bond acceptors (Lipinski definition) is 5. The summed E-state index contributed by atoms with van der Waals surface area (Å²) in [5, 5.41) is 5.63. The van der Waals surface area contributed by atoms with Crippen LogP contribution in [-0.2, 0) is 22.6 Å². The topological polar surface area (TPSA) is 83.6 Å². The van der Waals surface area contributed by atoms with Gasteiger partial charge < -0.3 is 15.4 Å². The van der Waals surface area contributed by atoms with Crippen molar-refractivity contribution in [2.45, 2.75) is 25.4 Å². The van der Waals surface area contributed by atoms with Crippen LogP contribution >= 0.6 is 0 Å². The molecule has 154 valence electrons. The van der Waals surface area contributed by atoms with Gasteiger partial charge in [-0.2, -0.15) is 0 Å². The van der Waals surface area contributed by atoms with Crippen LogP contribution in [0, 0.1) is 5.82 Å². The molecule has 2 aromatic rings. The molecule has 1 aliphatic rings. The summed E-state index contributed by atoms with van der Waals surface area (Å²) in [5.74, 6) is -0.383. The Hall–Kier alpha value is -3.00. The highest BCUT2D eigenvalue weighted by molar-refractivity contribution is 5.88. The van der Waals surface area contributed by atoms with Gasteiger partial charge in [0.1, 0.15) is 11.6 Å². The molecule has 1 aromatic heterocycles. The van der Waals surface area contributed by atoms with Gasteiger partial charge in [-0.1, -0.05) is 12.1 Å². The maximum absolute atomic E-state index is 14.3. The van der Waals surface area contributed by atoms with Crippen molar-refractivity contribution in [2.24, 2.45) is 0 Å². The Balaban J connectivity index is 1.57. The number of aromatic nitrogens is 1. The minimum atomic E-state index is -0.636. The van der Waals surface area contributed by atoms with Crippen LogP contribution in [0.2, 0.25) is 0 Å². The maximum Gasteiger partial charge on any atom is 0.237 e. The highest BCUT2D eigenvalue weighted by Gasteiger charge is 2.32. The maximum atomic E-state index is 14.3. The molecule has 0 spiro atoms. The van der Waals surface area contributed by atoms with Gasteiger partial charge in [0.05, 0.1) is 19.6 Å². The third kappa shape index (κ3) is 5.74. The van der Waals surface area contributed by atoms with Crippen molar-refractivity contribution >= 4 is 11.8 Å². The average molecular weight is 400 g/mol. The lowest BCUT2D eigenvalue weighted by atomic mass is 10.1. The number of benzene rings is 1. The second kappa shape index (κ2) is 9.97. The first-order valence-electron chi connectivity index (χ1n) is 9.56. The first-order chi connectivity index (χ1) is 14.1. The fraction of sp³-hybridized carbons (Fsp3) is 0.381. The molecule has 2 amide bonds. The monoisotopic (exact) mass is 400 g/mol. The van der Waals surface area contributed by atoms with Gasteiger partial charge in [-0.05, 0) is 24.1 Å². The van der Waals surface area contributed by atoms with Crippen LogP contribution in [0.15, 0.2) is 42.7 Å². The van der Waals surface area contributed by atoms with Crippen LogP contribution in [0.5, 0.6) is 5.75 Å². The van der Waals surface area contributed by atoms with Crippen LogP contribution in [0.4, 0.5) is 4.39 Å². The van der Waals surface area contributed by atoms with E-state index in [1.54, 1.807) is 24.5 Å². The quantitative estimate of drug-likeness (QED) is 0.698. The van der Waals surface area contributed by atoms with Crippen LogP contribution < -0.4 is 15.4 Å². The lowest BCUT2D eigenvalue weighted by molar-refractivity contribution is -0.134. The molecule has 0 radical (unpaired) electrons. The Labute approximate surface area is 169 Å². The highest BCUT2D eigenvalue weighted by Crippen LogP contribution is 2.20. The van der Waals surface area contributed by atoms with Gasteiger partial charge >= 0.3 is 0 Å². The third-order valence-electron chi connectivity index (χ3n) is 4.91. The van der Waals surface area contributed by atoms with Crippen LogP contribution in [0.1, 0.15) is 17.5 Å². The molecule has 1 aromatic carbocycles. The normalized spacial score (nSPS) is 16.9. The molecule has 0 saturated carbocycles. The Kier molecular flexibility index (Phi) is 7.13. The lowest BCUT2D eigenvalue weighted by Gasteiger charge is -2.34. The number of piperazine rings is 1. The number of nitrogens with zero attached hydrogens (tertiary/aromatic N) is 2. The number of rotatable bonds is 8. The van der Waals surface area contributed by atoms with E-state index in [4.69, 9.17) is 4.74 Å². The summed E-state index contributed by atoms with van der Waals surface area (Å²) in [6.45, 7) is 1.73. The number of nitrogens with one attached hydrogen (secondary N) is 2. The van der Waals surface area contributed by atoms with Gasteiger partial charge in [0, 0.05) is 50.2 Å². The second-order valence-corrected chi connectivity index (χ2v) is 6.90. The number of carbonyl (C=O) groups is 2. The van der Waals surface area contributed by atoms with Crippen LogP contribution in [0.25, 0.3) is 0 Å². The number of ether oxygens (including phenoxy) is 1. The number of pyridine rings is 1. The molecule has 7 nitrogen and oxygen atoms in total. The molecular weight excluding hydrogens is 375 g/mol. The first-order valence-corrected chi connectivity index (χ1v) is 9.56. The van der Waals surface area contributed by atoms with Crippen molar-refractivity contribution in [1.82, 2.24) is 20.5 Å². The van der Waals surface area contributed by atoms with Crippen LogP contribution in [-0.4, -0.2) is 54.5 Å². The number of amides is 2. The molecule has 1 aliphatic heterocycles. The van der Waals surface area contributed by atoms with E-state index in [9.17, 15) is 14.0 Å². The third-order valence-corrected chi connectivity index (χ3v) is 4.91. The van der Waals surface area contributed by atoms with Crippen molar-refractivity contribution in [3.63, 3.8) is 0 Å². The molecule has 0 bridgehead atoms. The summed E-state index contributed by atoms with van der Waals surface area (Å²) in [6.07, 6.45) is 4.14. The molecule has 1 saturated heterocycles. The zero-order chi connectivity index (χ0) is 20.6. The Bertz CT molecular complexity index is 847. The lowest BCUT2D eigenvalue weighted by Crippen LogP contribution is -2.56. The summed E-state index contributed by atoms with van der Waals surface area (Å²) in [7, 11) is 1.48. The van der Waals surface area contributed by atoms with Crippen LogP contribution in [0.3, 0.4) is 0 Å². The standard InChI is InChI=1S/C21H25FN4O3/c1-29-17-5-4-16(18(22)11-17)14-26-10-9-25-21(28)19(26)12-20(27)24-8-6-15-3-2-7-23-13-15/h2-5,7,11,13,19H,6,8-10,12,14H2,1H3,(H,24,27)(H,25,28). The van der Waals surface area contributed by atoms with E-state index in [-0.39, 0.29) is 24.8 Å². The predicted octanol–water partition coefficient (Wildman–Crippen LogP) is 1.28. The van der Waals surface area contributed by atoms with E-state index in [1.165, 1.54) is 13.2 Å². The zero-order valence-corrected chi connectivity index (χ0v) is 16.4. The van der Waals surface area contributed by atoms with Crippen molar-refractivity contribution in [2.75, 3.05) is 26.7 Å². The van der Waals surface area contributed by atoms with Crippen molar-refractivity contribution in [3.05, 3.63) is 59.7 Å². The fourth-order valence-corrected chi connectivity index (χ4v) is 3.32. The first kappa shape index (κ1) is 20.7.